The number of nitrogens with two attached hydrogens (primary N) is 1. The second-order valence-corrected chi connectivity index (χ2v) is 5.16. The smallest absolute Gasteiger partial charge is 0.273 e. The molecule has 1 aliphatic carbocycles. The summed E-state index contributed by atoms with van der Waals surface area (Å²) in [6.45, 7) is 0.722. The van der Waals surface area contributed by atoms with E-state index in [1.165, 1.54) is 32.1 Å². The van der Waals surface area contributed by atoms with Crippen molar-refractivity contribution in [2.45, 2.75) is 38.5 Å². The van der Waals surface area contributed by atoms with E-state index >= 15 is 0 Å². The fraction of sp³-hybridized carbons (Fsp3) is 0.692. The van der Waals surface area contributed by atoms with Crippen molar-refractivity contribution in [2.24, 2.45) is 13.0 Å². The van der Waals surface area contributed by atoms with Crippen LogP contribution < -0.4 is 11.1 Å². The van der Waals surface area contributed by atoms with Crippen LogP contribution in [0.15, 0.2) is 6.20 Å². The van der Waals surface area contributed by atoms with Gasteiger partial charge in [-0.1, -0.05) is 32.1 Å². The number of carbonyl (C=O) groups is 1. The first kappa shape index (κ1) is 12.9. The van der Waals surface area contributed by atoms with Gasteiger partial charge in [-0.2, -0.15) is 5.10 Å². The summed E-state index contributed by atoms with van der Waals surface area (Å²) in [7, 11) is 1.76. The molecule has 0 unspecified atom stereocenters. The van der Waals surface area contributed by atoms with Gasteiger partial charge in [0.2, 0.25) is 0 Å². The third kappa shape index (κ3) is 3.24. The monoisotopic (exact) mass is 250 g/mol. The van der Waals surface area contributed by atoms with Gasteiger partial charge in [-0.3, -0.25) is 9.48 Å². The van der Waals surface area contributed by atoms with E-state index in [4.69, 9.17) is 5.73 Å². The summed E-state index contributed by atoms with van der Waals surface area (Å²) in [5, 5.41) is 6.96. The number of anilines is 1. The Labute approximate surface area is 108 Å². The van der Waals surface area contributed by atoms with Crippen molar-refractivity contribution in [2.75, 3.05) is 12.3 Å². The Kier molecular flexibility index (Phi) is 4.23. The molecule has 0 aromatic carbocycles. The maximum atomic E-state index is 11.9. The first-order valence-corrected chi connectivity index (χ1v) is 6.74. The number of carbonyl (C=O) groups excluding carboxylic acids is 1. The largest absolute Gasteiger partial charge is 0.396 e. The highest BCUT2D eigenvalue weighted by atomic mass is 16.1. The van der Waals surface area contributed by atoms with Crippen molar-refractivity contribution in [3.05, 3.63) is 11.9 Å². The van der Waals surface area contributed by atoms with Crippen LogP contribution in [0.4, 0.5) is 5.69 Å². The van der Waals surface area contributed by atoms with Crippen LogP contribution in [0.5, 0.6) is 0 Å². The molecule has 1 amide bonds. The van der Waals surface area contributed by atoms with Crippen LogP contribution in [-0.2, 0) is 7.05 Å². The van der Waals surface area contributed by atoms with Gasteiger partial charge in [-0.05, 0) is 12.3 Å². The van der Waals surface area contributed by atoms with Crippen LogP contribution in [0.1, 0.15) is 49.0 Å². The van der Waals surface area contributed by atoms with Gasteiger partial charge in [0.15, 0.2) is 5.69 Å². The molecule has 18 heavy (non-hydrogen) atoms. The van der Waals surface area contributed by atoms with Gasteiger partial charge >= 0.3 is 0 Å². The molecular formula is C13H22N4O. The van der Waals surface area contributed by atoms with E-state index < -0.39 is 0 Å². The molecule has 1 aromatic heterocycles. The average Bonchev–Trinajstić information content (AvgIpc) is 2.70. The van der Waals surface area contributed by atoms with Gasteiger partial charge in [0.25, 0.3) is 5.91 Å². The van der Waals surface area contributed by atoms with Gasteiger partial charge in [0.1, 0.15) is 0 Å². The van der Waals surface area contributed by atoms with Crippen molar-refractivity contribution in [1.82, 2.24) is 15.1 Å². The molecule has 1 heterocycles. The molecule has 0 saturated heterocycles. The van der Waals surface area contributed by atoms with Crippen LogP contribution in [0.2, 0.25) is 0 Å². The molecule has 1 fully saturated rings. The molecule has 1 aromatic rings. The van der Waals surface area contributed by atoms with Gasteiger partial charge in [0, 0.05) is 19.8 Å². The van der Waals surface area contributed by atoms with Crippen LogP contribution in [0.25, 0.3) is 0 Å². The number of nitrogen functional groups attached to an aromatic ring is 1. The molecule has 0 spiro atoms. The quantitative estimate of drug-likeness (QED) is 0.854. The third-order valence-electron chi connectivity index (χ3n) is 3.64. The minimum absolute atomic E-state index is 0.163. The fourth-order valence-electron chi connectivity index (χ4n) is 2.63. The summed E-state index contributed by atoms with van der Waals surface area (Å²) in [6.07, 6.45) is 9.38. The van der Waals surface area contributed by atoms with Crippen molar-refractivity contribution in [3.63, 3.8) is 0 Å². The number of hydrogen-bond acceptors (Lipinski definition) is 3. The van der Waals surface area contributed by atoms with E-state index in [0.717, 1.165) is 18.9 Å². The highest BCUT2D eigenvalue weighted by molar-refractivity contribution is 5.96. The lowest BCUT2D eigenvalue weighted by atomic mass is 9.87. The fourth-order valence-corrected chi connectivity index (χ4v) is 2.63. The summed E-state index contributed by atoms with van der Waals surface area (Å²) < 4.78 is 1.56. The Hall–Kier alpha value is -1.52. The lowest BCUT2D eigenvalue weighted by Gasteiger charge is -2.21. The molecule has 3 N–H and O–H groups in total. The van der Waals surface area contributed by atoms with E-state index in [9.17, 15) is 4.79 Å². The van der Waals surface area contributed by atoms with Crippen molar-refractivity contribution < 1.29 is 4.79 Å². The second-order valence-electron chi connectivity index (χ2n) is 5.16. The summed E-state index contributed by atoms with van der Waals surface area (Å²) in [5.74, 6) is 0.615. The second kappa shape index (κ2) is 5.89. The maximum Gasteiger partial charge on any atom is 0.273 e. The van der Waals surface area contributed by atoms with E-state index in [0.29, 0.717) is 11.4 Å². The number of aromatic nitrogens is 2. The maximum absolute atomic E-state index is 11.9. The predicted octanol–water partition coefficient (Wildman–Crippen LogP) is 1.70. The number of nitrogens with zero attached hydrogens (tertiary/aromatic N) is 2. The Morgan fingerprint density at radius 3 is 2.83 bits per heavy atom. The molecule has 1 aliphatic rings. The normalized spacial score (nSPS) is 16.7. The molecule has 0 bridgehead atoms. The molecule has 0 radical (unpaired) electrons. The molecule has 5 heteroatoms. The Bertz CT molecular complexity index is 407. The molecule has 1 saturated carbocycles. The number of rotatable bonds is 4. The van der Waals surface area contributed by atoms with Crippen molar-refractivity contribution in [3.8, 4) is 0 Å². The zero-order chi connectivity index (χ0) is 13.0. The lowest BCUT2D eigenvalue weighted by molar-refractivity contribution is 0.0945. The topological polar surface area (TPSA) is 72.9 Å². The summed E-state index contributed by atoms with van der Waals surface area (Å²) in [5.41, 5.74) is 6.48. The van der Waals surface area contributed by atoms with E-state index in [1.54, 1.807) is 17.9 Å². The minimum Gasteiger partial charge on any atom is -0.396 e. The predicted molar refractivity (Wildman–Crippen MR) is 71.1 cm³/mol. The van der Waals surface area contributed by atoms with E-state index in [2.05, 4.69) is 10.4 Å². The summed E-state index contributed by atoms with van der Waals surface area (Å²) >= 11 is 0. The molecule has 0 aliphatic heterocycles. The SMILES string of the molecule is Cn1cc(N)c(C(=O)NCCC2CCCCC2)n1. The van der Waals surface area contributed by atoms with Gasteiger partial charge in [-0.25, -0.2) is 0 Å². The Morgan fingerprint density at radius 2 is 2.22 bits per heavy atom. The molecule has 2 rings (SSSR count). The van der Waals surface area contributed by atoms with Crippen LogP contribution in [0.3, 0.4) is 0 Å². The first-order chi connectivity index (χ1) is 8.66. The van der Waals surface area contributed by atoms with Gasteiger partial charge in [-0.15, -0.1) is 0 Å². The average molecular weight is 250 g/mol. The van der Waals surface area contributed by atoms with Crippen molar-refractivity contribution >= 4 is 11.6 Å². The van der Waals surface area contributed by atoms with Crippen LogP contribution in [0, 0.1) is 5.92 Å². The first-order valence-electron chi connectivity index (χ1n) is 6.74. The zero-order valence-electron chi connectivity index (χ0n) is 11.0. The molecular weight excluding hydrogens is 228 g/mol. The highest BCUT2D eigenvalue weighted by Gasteiger charge is 2.16. The minimum atomic E-state index is -0.163. The molecule has 0 atom stereocenters. The van der Waals surface area contributed by atoms with E-state index in [-0.39, 0.29) is 5.91 Å². The number of hydrogen-bond donors (Lipinski definition) is 2. The zero-order valence-corrected chi connectivity index (χ0v) is 11.0. The third-order valence-corrected chi connectivity index (χ3v) is 3.64. The van der Waals surface area contributed by atoms with E-state index in [1.807, 2.05) is 0 Å². The summed E-state index contributed by atoms with van der Waals surface area (Å²) in [4.78, 5) is 11.9. The lowest BCUT2D eigenvalue weighted by Crippen LogP contribution is -2.27. The molecule has 100 valence electrons. The standard InChI is InChI=1S/C13H22N4O/c1-17-9-11(14)12(16-17)13(18)15-8-7-10-5-3-2-4-6-10/h9-10H,2-8,14H2,1H3,(H,15,18). The van der Waals surface area contributed by atoms with Crippen LogP contribution in [-0.4, -0.2) is 22.2 Å². The number of aryl methyl sites for hydroxylation is 1. The van der Waals surface area contributed by atoms with Crippen LogP contribution >= 0.6 is 0 Å². The highest BCUT2D eigenvalue weighted by Crippen LogP contribution is 2.25. The molecule has 5 nitrogen and oxygen atoms in total. The number of nitrogens with one attached hydrogen (secondary N) is 1. The Morgan fingerprint density at radius 1 is 1.50 bits per heavy atom. The number of amides is 1. The Balaban J connectivity index is 1.76. The van der Waals surface area contributed by atoms with Gasteiger partial charge in [0.05, 0.1) is 5.69 Å². The van der Waals surface area contributed by atoms with Crippen molar-refractivity contribution in [1.29, 1.82) is 0 Å². The summed E-state index contributed by atoms with van der Waals surface area (Å²) in [6, 6.07) is 0. The van der Waals surface area contributed by atoms with Gasteiger partial charge < -0.3 is 11.1 Å².